The third-order valence-electron chi connectivity index (χ3n) is 5.71. The van der Waals surface area contributed by atoms with Crippen LogP contribution in [0.15, 0.2) is 17.0 Å². The maximum absolute atomic E-state index is 11.9. The predicted molar refractivity (Wildman–Crippen MR) is 91.9 cm³/mol. The van der Waals surface area contributed by atoms with E-state index in [-0.39, 0.29) is 0 Å². The maximum Gasteiger partial charge on any atom is 0.311 e. The number of hydrogen-bond acceptors (Lipinski definition) is 5. The Bertz CT molecular complexity index is 665. The number of hydrogen-bond donors (Lipinski definition) is 1. The number of fused-ring (bicyclic) bond motifs is 2. The lowest BCUT2D eigenvalue weighted by atomic mass is 9.81. The summed E-state index contributed by atoms with van der Waals surface area (Å²) < 4.78 is 11.4. The van der Waals surface area contributed by atoms with E-state index in [9.17, 15) is 9.90 Å². The van der Waals surface area contributed by atoms with E-state index >= 15 is 0 Å². The molecule has 2 heterocycles. The van der Waals surface area contributed by atoms with Crippen molar-refractivity contribution in [3.05, 3.63) is 17.7 Å². The molecule has 0 radical (unpaired) electrons. The van der Waals surface area contributed by atoms with E-state index in [2.05, 4.69) is 23.3 Å². The topological polar surface area (TPSA) is 59.0 Å². The number of ether oxygens (including phenoxy) is 2. The summed E-state index contributed by atoms with van der Waals surface area (Å²) in [7, 11) is 0. The molecule has 2 aliphatic heterocycles. The lowest BCUT2D eigenvalue weighted by Crippen LogP contribution is -2.35. The van der Waals surface area contributed by atoms with Crippen LogP contribution in [0.1, 0.15) is 24.8 Å². The van der Waals surface area contributed by atoms with Crippen molar-refractivity contribution in [1.29, 1.82) is 0 Å². The largest absolute Gasteiger partial charge is 0.486 e. The first-order valence-electron chi connectivity index (χ1n) is 8.54. The summed E-state index contributed by atoms with van der Waals surface area (Å²) in [5, 5.41) is 9.75. The highest BCUT2D eigenvalue weighted by Gasteiger charge is 2.54. The Kier molecular flexibility index (Phi) is 4.12. The Morgan fingerprint density at radius 1 is 1.38 bits per heavy atom. The van der Waals surface area contributed by atoms with Gasteiger partial charge in [0, 0.05) is 24.5 Å². The van der Waals surface area contributed by atoms with Crippen molar-refractivity contribution in [1.82, 2.24) is 4.90 Å². The predicted octanol–water partition coefficient (Wildman–Crippen LogP) is 2.87. The molecule has 6 heteroatoms. The molecule has 1 aromatic rings. The molecule has 1 aliphatic carbocycles. The molecule has 4 rings (SSSR count). The van der Waals surface area contributed by atoms with Crippen molar-refractivity contribution in [2.24, 2.45) is 11.3 Å². The highest BCUT2D eigenvalue weighted by atomic mass is 32.2. The monoisotopic (exact) mass is 349 g/mol. The lowest BCUT2D eigenvalue weighted by Gasteiger charge is -2.25. The smallest absolute Gasteiger partial charge is 0.311 e. The molecule has 2 atom stereocenters. The van der Waals surface area contributed by atoms with Crippen LogP contribution in [0.3, 0.4) is 0 Å². The number of thioether (sulfide) groups is 1. The van der Waals surface area contributed by atoms with Gasteiger partial charge in [-0.05, 0) is 42.7 Å². The highest BCUT2D eigenvalue weighted by molar-refractivity contribution is 7.98. The molecule has 0 unspecified atom stereocenters. The number of likely N-dealkylation sites (tertiary alicyclic amines) is 1. The van der Waals surface area contributed by atoms with E-state index < -0.39 is 11.4 Å². The third kappa shape index (κ3) is 2.56. The summed E-state index contributed by atoms with van der Waals surface area (Å²) in [6.45, 7) is 3.50. The average Bonchev–Trinajstić information content (AvgIpc) is 3.12. The summed E-state index contributed by atoms with van der Waals surface area (Å²) in [6, 6.07) is 4.13. The van der Waals surface area contributed by atoms with Crippen molar-refractivity contribution in [3.8, 4) is 11.5 Å². The standard InChI is InChI=1S/C18H23NO4S/c1-24-16-8-15-14(22-5-6-23-15)7-12(16)9-19-10-13-3-2-4-18(13,11-19)17(20)21/h7-8,13H,2-6,9-11H2,1H3,(H,20,21)/t13-,18+/m0/s1. The van der Waals surface area contributed by atoms with E-state index in [0.29, 0.717) is 25.7 Å². The molecule has 5 nitrogen and oxygen atoms in total. The van der Waals surface area contributed by atoms with Gasteiger partial charge in [-0.3, -0.25) is 9.69 Å². The number of carbonyl (C=O) groups is 1. The molecule has 130 valence electrons. The number of carboxylic acids is 1. The van der Waals surface area contributed by atoms with Crippen LogP contribution in [0, 0.1) is 11.3 Å². The number of aliphatic carboxylic acids is 1. The van der Waals surface area contributed by atoms with E-state index in [1.165, 1.54) is 10.5 Å². The summed E-state index contributed by atoms with van der Waals surface area (Å²) in [4.78, 5) is 15.3. The minimum absolute atomic E-state index is 0.296. The van der Waals surface area contributed by atoms with Gasteiger partial charge >= 0.3 is 5.97 Å². The van der Waals surface area contributed by atoms with E-state index in [4.69, 9.17) is 9.47 Å². The first-order valence-corrected chi connectivity index (χ1v) is 9.77. The Hall–Kier alpha value is -1.40. The van der Waals surface area contributed by atoms with E-state index in [1.807, 2.05) is 0 Å². The first kappa shape index (κ1) is 16.1. The fraction of sp³-hybridized carbons (Fsp3) is 0.611. The Morgan fingerprint density at radius 2 is 2.12 bits per heavy atom. The fourth-order valence-electron chi connectivity index (χ4n) is 4.53. The zero-order valence-corrected chi connectivity index (χ0v) is 14.7. The van der Waals surface area contributed by atoms with Gasteiger partial charge in [0.05, 0.1) is 5.41 Å². The van der Waals surface area contributed by atoms with Crippen LogP contribution >= 0.6 is 11.8 Å². The molecule has 1 aromatic carbocycles. The van der Waals surface area contributed by atoms with Crippen molar-refractivity contribution < 1.29 is 19.4 Å². The molecule has 0 spiro atoms. The van der Waals surface area contributed by atoms with Crippen LogP contribution in [0.25, 0.3) is 0 Å². The van der Waals surface area contributed by atoms with Crippen molar-refractivity contribution >= 4 is 17.7 Å². The van der Waals surface area contributed by atoms with Crippen LogP contribution in [-0.4, -0.2) is 48.5 Å². The second-order valence-electron chi connectivity index (χ2n) is 7.03. The Balaban J connectivity index is 1.57. The maximum atomic E-state index is 11.9. The molecular formula is C18H23NO4S. The molecule has 1 N–H and O–H groups in total. The van der Waals surface area contributed by atoms with Gasteiger partial charge in [-0.1, -0.05) is 6.42 Å². The molecule has 3 aliphatic rings. The van der Waals surface area contributed by atoms with Crippen molar-refractivity contribution in [2.45, 2.75) is 30.7 Å². The summed E-state index contributed by atoms with van der Waals surface area (Å²) in [6.07, 6.45) is 4.97. The number of benzene rings is 1. The number of rotatable bonds is 4. The molecular weight excluding hydrogens is 326 g/mol. The van der Waals surface area contributed by atoms with Gasteiger partial charge in [-0.15, -0.1) is 11.8 Å². The molecule has 0 amide bonds. The second-order valence-corrected chi connectivity index (χ2v) is 7.88. The first-order chi connectivity index (χ1) is 11.6. The molecule has 1 saturated heterocycles. The van der Waals surface area contributed by atoms with Crippen LogP contribution in [0.2, 0.25) is 0 Å². The molecule has 0 aromatic heterocycles. The quantitative estimate of drug-likeness (QED) is 0.844. The Labute approximate surface area is 146 Å². The highest BCUT2D eigenvalue weighted by Crippen LogP contribution is 2.49. The molecule has 24 heavy (non-hydrogen) atoms. The number of carboxylic acid groups (broad SMARTS) is 1. The minimum Gasteiger partial charge on any atom is -0.486 e. The van der Waals surface area contributed by atoms with E-state index in [1.54, 1.807) is 11.8 Å². The molecule has 1 saturated carbocycles. The van der Waals surface area contributed by atoms with Crippen LogP contribution in [0.4, 0.5) is 0 Å². The van der Waals surface area contributed by atoms with Gasteiger partial charge in [-0.2, -0.15) is 0 Å². The van der Waals surface area contributed by atoms with Gasteiger partial charge in [0.15, 0.2) is 11.5 Å². The second kappa shape index (κ2) is 6.15. The van der Waals surface area contributed by atoms with Crippen molar-refractivity contribution in [2.75, 3.05) is 32.6 Å². The lowest BCUT2D eigenvalue weighted by molar-refractivity contribution is -0.149. The molecule has 0 bridgehead atoms. The minimum atomic E-state index is -0.611. The van der Waals surface area contributed by atoms with Gasteiger partial charge < -0.3 is 14.6 Å². The number of nitrogens with zero attached hydrogens (tertiary/aromatic N) is 1. The fourth-order valence-corrected chi connectivity index (χ4v) is 5.14. The SMILES string of the molecule is CSc1cc2c(cc1CN1C[C@@H]3CCC[C@@]3(C(=O)O)C1)OCCO2. The zero-order chi connectivity index (χ0) is 16.7. The van der Waals surface area contributed by atoms with Gasteiger partial charge in [0.25, 0.3) is 0 Å². The van der Waals surface area contributed by atoms with E-state index in [0.717, 1.165) is 43.9 Å². The zero-order valence-electron chi connectivity index (χ0n) is 13.9. The van der Waals surface area contributed by atoms with Crippen molar-refractivity contribution in [3.63, 3.8) is 0 Å². The summed E-state index contributed by atoms with van der Waals surface area (Å²) in [5.41, 5.74) is 0.681. The van der Waals surface area contributed by atoms with Crippen LogP contribution in [-0.2, 0) is 11.3 Å². The van der Waals surface area contributed by atoms with Gasteiger partial charge in [-0.25, -0.2) is 0 Å². The Morgan fingerprint density at radius 3 is 2.79 bits per heavy atom. The van der Waals surface area contributed by atoms with Gasteiger partial charge in [0.1, 0.15) is 13.2 Å². The average molecular weight is 349 g/mol. The van der Waals surface area contributed by atoms with Gasteiger partial charge in [0.2, 0.25) is 0 Å². The molecule has 2 fully saturated rings. The summed E-state index contributed by atoms with van der Waals surface area (Å²) in [5.74, 6) is 1.31. The normalized spacial score (nSPS) is 28.8. The van der Waals surface area contributed by atoms with Crippen LogP contribution in [0.5, 0.6) is 11.5 Å². The third-order valence-corrected chi connectivity index (χ3v) is 6.53. The summed E-state index contributed by atoms with van der Waals surface area (Å²) >= 11 is 1.70. The van der Waals surface area contributed by atoms with Crippen LogP contribution < -0.4 is 9.47 Å².